The SMILES string of the molecule is C=C[C@H](NCc1ccccc1)[C@@H](NC(=O)OC(C)(C)C)[C@@H](C)O[Si](c1ccccc1)(c1ccccc1)C(C)(C)C. The Labute approximate surface area is 242 Å². The van der Waals surface area contributed by atoms with Gasteiger partial charge in [0.05, 0.1) is 12.1 Å². The molecule has 0 heterocycles. The molecule has 1 amide bonds. The van der Waals surface area contributed by atoms with Gasteiger partial charge in [-0.1, -0.05) is 118 Å². The molecule has 0 aliphatic rings. The predicted molar refractivity (Wildman–Crippen MR) is 169 cm³/mol. The standard InChI is InChI=1S/C34H46N2O3Si/c1-9-30(35-25-27-19-13-10-14-20-27)31(36-32(37)38-33(3,4)5)26(2)39-40(34(6,7)8,28-21-15-11-16-22-28)29-23-17-12-18-24-29/h9-24,26,30-31,35H,1,25H2,2-8H3,(H,36,37)/t26-,30+,31+/m1/s1. The minimum atomic E-state index is -2.87. The van der Waals surface area contributed by atoms with Crippen molar-refractivity contribution in [2.75, 3.05) is 0 Å². The predicted octanol–water partition coefficient (Wildman–Crippen LogP) is 6.19. The summed E-state index contributed by atoms with van der Waals surface area (Å²) in [5, 5.41) is 8.89. The Hall–Kier alpha value is -3.19. The van der Waals surface area contributed by atoms with Gasteiger partial charge in [-0.15, -0.1) is 6.58 Å². The number of hydrogen-bond donors (Lipinski definition) is 2. The Bertz CT molecular complexity index is 1170. The van der Waals surface area contributed by atoms with E-state index < -0.39 is 26.1 Å². The smallest absolute Gasteiger partial charge is 0.408 e. The lowest BCUT2D eigenvalue weighted by Gasteiger charge is -2.46. The maximum Gasteiger partial charge on any atom is 0.408 e. The molecule has 3 atom stereocenters. The molecule has 3 rings (SSSR count). The van der Waals surface area contributed by atoms with Gasteiger partial charge >= 0.3 is 6.09 Å². The van der Waals surface area contributed by atoms with Crippen molar-refractivity contribution >= 4 is 24.8 Å². The number of amides is 1. The molecule has 0 aromatic heterocycles. The van der Waals surface area contributed by atoms with Crippen molar-refractivity contribution in [2.24, 2.45) is 0 Å². The summed E-state index contributed by atoms with van der Waals surface area (Å²) in [5.41, 5.74) is 0.517. The minimum Gasteiger partial charge on any atom is -0.444 e. The highest BCUT2D eigenvalue weighted by Crippen LogP contribution is 2.38. The number of ether oxygens (including phenoxy) is 1. The maximum absolute atomic E-state index is 13.1. The summed E-state index contributed by atoms with van der Waals surface area (Å²) >= 11 is 0. The first-order valence-corrected chi connectivity index (χ1v) is 16.0. The first-order chi connectivity index (χ1) is 18.9. The zero-order valence-electron chi connectivity index (χ0n) is 25.1. The van der Waals surface area contributed by atoms with E-state index in [4.69, 9.17) is 9.16 Å². The van der Waals surface area contributed by atoms with E-state index in [1.165, 1.54) is 10.4 Å². The fourth-order valence-corrected chi connectivity index (χ4v) is 9.89. The molecule has 0 radical (unpaired) electrons. The number of benzene rings is 3. The third-order valence-electron chi connectivity index (χ3n) is 6.99. The molecule has 6 heteroatoms. The van der Waals surface area contributed by atoms with E-state index in [1.807, 2.05) is 64.1 Å². The van der Waals surface area contributed by atoms with E-state index in [2.05, 4.69) is 98.6 Å². The number of hydrogen-bond acceptors (Lipinski definition) is 4. The van der Waals surface area contributed by atoms with Gasteiger partial charge in [0.15, 0.2) is 0 Å². The van der Waals surface area contributed by atoms with Gasteiger partial charge in [-0.25, -0.2) is 4.79 Å². The van der Waals surface area contributed by atoms with Crippen LogP contribution in [0.25, 0.3) is 0 Å². The lowest BCUT2D eigenvalue weighted by molar-refractivity contribution is 0.0431. The highest BCUT2D eigenvalue weighted by Gasteiger charge is 2.52. The summed E-state index contributed by atoms with van der Waals surface area (Å²) in [4.78, 5) is 13.1. The molecule has 0 fully saturated rings. The van der Waals surface area contributed by atoms with Crippen LogP contribution in [0, 0.1) is 0 Å². The van der Waals surface area contributed by atoms with Gasteiger partial charge < -0.3 is 19.8 Å². The quantitative estimate of drug-likeness (QED) is 0.218. The van der Waals surface area contributed by atoms with E-state index >= 15 is 0 Å². The van der Waals surface area contributed by atoms with Crippen molar-refractivity contribution in [3.63, 3.8) is 0 Å². The molecule has 3 aromatic rings. The molecule has 0 spiro atoms. The molecule has 0 bridgehead atoms. The molecule has 0 aliphatic heterocycles. The van der Waals surface area contributed by atoms with Crippen LogP contribution >= 0.6 is 0 Å². The summed E-state index contributed by atoms with van der Waals surface area (Å²) in [6, 6.07) is 30.5. The van der Waals surface area contributed by atoms with E-state index in [-0.39, 0.29) is 17.2 Å². The first-order valence-electron chi connectivity index (χ1n) is 14.1. The monoisotopic (exact) mass is 558 g/mol. The minimum absolute atomic E-state index is 0.207. The van der Waals surface area contributed by atoms with E-state index in [9.17, 15) is 4.79 Å². The summed E-state index contributed by atoms with van der Waals surface area (Å²) in [5.74, 6) is 0. The molecule has 3 aromatic carbocycles. The fourth-order valence-electron chi connectivity index (χ4n) is 5.17. The summed E-state index contributed by atoms with van der Waals surface area (Å²) in [6.07, 6.45) is 0.977. The fraction of sp³-hybridized carbons (Fsp3) is 0.382. The van der Waals surface area contributed by atoms with Crippen LogP contribution in [0.2, 0.25) is 5.04 Å². The number of nitrogens with one attached hydrogen (secondary N) is 2. The van der Waals surface area contributed by atoms with Crippen LogP contribution in [-0.2, 0) is 15.7 Å². The molecule has 2 N–H and O–H groups in total. The lowest BCUT2D eigenvalue weighted by Crippen LogP contribution is -2.69. The number of carbonyl (C=O) groups excluding carboxylic acids is 1. The Kier molecular flexibility index (Phi) is 10.5. The second-order valence-electron chi connectivity index (χ2n) is 12.3. The van der Waals surface area contributed by atoms with Crippen molar-refractivity contribution < 1.29 is 14.0 Å². The lowest BCUT2D eigenvalue weighted by atomic mass is 10.0. The van der Waals surface area contributed by atoms with Gasteiger partial charge in [-0.05, 0) is 48.7 Å². The Morgan fingerprint density at radius 1 is 0.850 bits per heavy atom. The zero-order chi connectivity index (χ0) is 29.4. The van der Waals surface area contributed by atoms with Crippen LogP contribution < -0.4 is 21.0 Å². The Morgan fingerprint density at radius 3 is 1.75 bits per heavy atom. The van der Waals surface area contributed by atoms with E-state index in [0.29, 0.717) is 6.54 Å². The Balaban J connectivity index is 2.05. The van der Waals surface area contributed by atoms with Crippen LogP contribution in [-0.4, -0.2) is 38.2 Å². The van der Waals surface area contributed by atoms with Crippen molar-refractivity contribution in [2.45, 2.75) is 83.8 Å². The summed E-state index contributed by atoms with van der Waals surface area (Å²) in [7, 11) is -2.87. The van der Waals surface area contributed by atoms with Crippen LogP contribution in [0.15, 0.2) is 104 Å². The molecule has 5 nitrogen and oxygen atoms in total. The van der Waals surface area contributed by atoms with Gasteiger partial charge in [-0.2, -0.15) is 0 Å². The number of rotatable bonds is 11. The molecular weight excluding hydrogens is 512 g/mol. The average molecular weight is 559 g/mol. The van der Waals surface area contributed by atoms with Gasteiger partial charge in [0, 0.05) is 12.6 Å². The topological polar surface area (TPSA) is 59.6 Å². The summed E-state index contributed by atoms with van der Waals surface area (Å²) in [6.45, 7) is 19.1. The first kappa shape index (κ1) is 31.3. The van der Waals surface area contributed by atoms with Gasteiger partial charge in [-0.3, -0.25) is 0 Å². The van der Waals surface area contributed by atoms with Gasteiger partial charge in [0.1, 0.15) is 5.60 Å². The van der Waals surface area contributed by atoms with Crippen LogP contribution in [0.4, 0.5) is 4.79 Å². The van der Waals surface area contributed by atoms with Crippen molar-refractivity contribution in [3.05, 3.63) is 109 Å². The zero-order valence-corrected chi connectivity index (χ0v) is 26.1. The van der Waals surface area contributed by atoms with E-state index in [0.717, 1.165) is 5.56 Å². The molecule has 0 saturated heterocycles. The van der Waals surface area contributed by atoms with Gasteiger partial charge in [0.2, 0.25) is 0 Å². The van der Waals surface area contributed by atoms with Gasteiger partial charge in [0.25, 0.3) is 8.32 Å². The number of alkyl carbamates (subject to hydrolysis) is 1. The molecule has 40 heavy (non-hydrogen) atoms. The highest BCUT2D eigenvalue weighted by atomic mass is 28.4. The average Bonchev–Trinajstić information content (AvgIpc) is 2.91. The Morgan fingerprint density at radius 2 is 1.32 bits per heavy atom. The van der Waals surface area contributed by atoms with E-state index in [1.54, 1.807) is 0 Å². The molecule has 214 valence electrons. The van der Waals surface area contributed by atoms with Crippen LogP contribution in [0.3, 0.4) is 0 Å². The molecule has 0 aliphatic carbocycles. The highest BCUT2D eigenvalue weighted by molar-refractivity contribution is 6.99. The van der Waals surface area contributed by atoms with Crippen LogP contribution in [0.5, 0.6) is 0 Å². The van der Waals surface area contributed by atoms with Crippen molar-refractivity contribution in [1.82, 2.24) is 10.6 Å². The maximum atomic E-state index is 13.1. The largest absolute Gasteiger partial charge is 0.444 e. The molecule has 0 saturated carbocycles. The summed E-state index contributed by atoms with van der Waals surface area (Å²) < 4.78 is 13.1. The number of carbonyl (C=O) groups is 1. The van der Waals surface area contributed by atoms with Crippen molar-refractivity contribution in [1.29, 1.82) is 0 Å². The second kappa shape index (κ2) is 13.4. The second-order valence-corrected chi connectivity index (χ2v) is 16.5. The van der Waals surface area contributed by atoms with Crippen molar-refractivity contribution in [3.8, 4) is 0 Å². The molecule has 0 unspecified atom stereocenters. The van der Waals surface area contributed by atoms with Crippen LogP contribution in [0.1, 0.15) is 54.0 Å². The normalized spacial score (nSPS) is 14.6. The third kappa shape index (κ3) is 7.93. The third-order valence-corrected chi connectivity index (χ3v) is 12.1. The molecular formula is C34H46N2O3Si.